The van der Waals surface area contributed by atoms with Crippen molar-refractivity contribution < 1.29 is 89.1 Å². The average Bonchev–Trinajstić information content (AvgIpc) is 2.03. The zero-order valence-electron chi connectivity index (χ0n) is 49.3. The van der Waals surface area contributed by atoms with Crippen molar-refractivity contribution in [3.8, 4) is 0 Å². The minimum absolute atomic E-state index is 0.0642. The van der Waals surface area contributed by atoms with Crippen LogP contribution in [0, 0.1) is 5.92 Å². The molecule has 87 heavy (non-hydrogen) atoms. The van der Waals surface area contributed by atoms with Gasteiger partial charge in [0.2, 0.25) is 11.8 Å². The number of β-amino-alcohol motifs (C(OH)–C–C–N with tert-alkyl or cyclic N) is 1. The fourth-order valence-electron chi connectivity index (χ4n) is 12.3. The van der Waals surface area contributed by atoms with Gasteiger partial charge in [-0.15, -0.1) is 0 Å². The number of aliphatic hydroxyl groups excluding tert-OH is 10. The number of hydrogen-bond donors (Lipinski definition) is 17. The summed E-state index contributed by atoms with van der Waals surface area (Å²) in [5, 5.41) is 111. The van der Waals surface area contributed by atoms with Gasteiger partial charge in [0, 0.05) is 81.6 Å². The number of piperazine rings is 1. The smallest absolute Gasteiger partial charge is 0.239 e. The van der Waals surface area contributed by atoms with Gasteiger partial charge in [0.1, 0.15) is 73.2 Å². The summed E-state index contributed by atoms with van der Waals surface area (Å²) in [7, 11) is 0. The molecule has 28 heteroatoms. The third-order valence-electron chi connectivity index (χ3n) is 17.0. The molecule has 3 aromatic rings. The van der Waals surface area contributed by atoms with Gasteiger partial charge in [0.05, 0.1) is 49.7 Å². The minimum Gasteiger partial charge on any atom is -0.394 e. The Balaban J connectivity index is 0.000000226. The van der Waals surface area contributed by atoms with E-state index in [0.29, 0.717) is 32.5 Å². The highest BCUT2D eigenvalue weighted by atomic mass is 16.8. The molecule has 24 atom stereocenters. The monoisotopic (exact) mass is 1230 g/mol. The Kier molecular flexibility index (Phi) is 24.1. The molecule has 9 rings (SSSR count). The Morgan fingerprint density at radius 2 is 1.32 bits per heavy atom. The van der Waals surface area contributed by atoms with E-state index in [1.807, 2.05) is 93.7 Å². The molecule has 4 saturated heterocycles. The summed E-state index contributed by atoms with van der Waals surface area (Å²) in [6.07, 6.45) is -17.2. The fourth-order valence-corrected chi connectivity index (χ4v) is 12.3. The lowest BCUT2D eigenvalue weighted by Gasteiger charge is -2.47. The number of rotatable bonds is 20. The topological polar surface area (TPSA) is 465 Å². The van der Waals surface area contributed by atoms with E-state index in [4.69, 9.17) is 57.1 Å². The second-order valence-electron chi connectivity index (χ2n) is 24.8. The Labute approximate surface area is 505 Å². The molecular formula is C59H92N10O18. The summed E-state index contributed by atoms with van der Waals surface area (Å²) in [6, 6.07) is 16.3. The summed E-state index contributed by atoms with van der Waals surface area (Å²) in [4.78, 5) is 35.9. The van der Waals surface area contributed by atoms with Crippen LogP contribution < -0.4 is 39.3 Å². The van der Waals surface area contributed by atoms with Gasteiger partial charge in [-0.05, 0) is 68.4 Å². The van der Waals surface area contributed by atoms with Crippen molar-refractivity contribution in [1.82, 2.24) is 25.4 Å². The first kappa shape index (κ1) is 68.5. The van der Waals surface area contributed by atoms with Gasteiger partial charge in [-0.1, -0.05) is 60.7 Å². The predicted octanol–water partition coefficient (Wildman–Crippen LogP) is -5.99. The first-order valence-electron chi connectivity index (χ1n) is 29.8. The van der Waals surface area contributed by atoms with Crippen LogP contribution >= 0.6 is 0 Å². The Hall–Kier alpha value is -4.39. The summed E-state index contributed by atoms with van der Waals surface area (Å²) in [5.41, 5.74) is 33.6. The molecule has 0 spiro atoms. The summed E-state index contributed by atoms with van der Waals surface area (Å²) < 4.78 is 34.4. The van der Waals surface area contributed by atoms with E-state index in [2.05, 4.69) is 25.4 Å². The molecule has 5 heterocycles. The number of carbonyl (C=O) groups is 2. The van der Waals surface area contributed by atoms with Crippen LogP contribution in [0.15, 0.2) is 79.1 Å². The third-order valence-corrected chi connectivity index (χ3v) is 17.0. The molecule has 28 nitrogen and oxygen atoms in total. The molecule has 2 aliphatic carbocycles. The van der Waals surface area contributed by atoms with Gasteiger partial charge in [-0.25, -0.2) is 0 Å². The Morgan fingerprint density at radius 3 is 1.97 bits per heavy atom. The van der Waals surface area contributed by atoms with Crippen molar-refractivity contribution in [3.05, 3.63) is 101 Å². The molecule has 0 radical (unpaired) electrons. The number of nitrogens with two attached hydrogens (primary N) is 5. The van der Waals surface area contributed by atoms with Crippen molar-refractivity contribution in [3.63, 3.8) is 0 Å². The zero-order valence-corrected chi connectivity index (χ0v) is 49.3. The fraction of sp³-hybridized carbons (Fsp3) is 0.678. The molecule has 5 fully saturated rings. The van der Waals surface area contributed by atoms with Crippen molar-refractivity contribution >= 4 is 11.8 Å². The Morgan fingerprint density at radius 1 is 0.713 bits per heavy atom. The molecule has 0 unspecified atom stereocenters. The maximum absolute atomic E-state index is 13.8. The minimum atomic E-state index is -1.62. The van der Waals surface area contributed by atoms with E-state index in [-0.39, 0.29) is 37.7 Å². The predicted molar refractivity (Wildman–Crippen MR) is 310 cm³/mol. The van der Waals surface area contributed by atoms with Gasteiger partial charge < -0.3 is 119 Å². The second kappa shape index (κ2) is 30.6. The van der Waals surface area contributed by atoms with Gasteiger partial charge in [0.25, 0.3) is 0 Å². The molecule has 2 aromatic carbocycles. The van der Waals surface area contributed by atoms with Crippen LogP contribution in [0.4, 0.5) is 0 Å². The number of nitrogens with one attached hydrogen (secondary N) is 2. The molecule has 6 aliphatic rings. The lowest BCUT2D eigenvalue weighted by atomic mass is 9.84. The summed E-state index contributed by atoms with van der Waals surface area (Å²) >= 11 is 0. The lowest BCUT2D eigenvalue weighted by Crippen LogP contribution is -2.68. The van der Waals surface area contributed by atoms with E-state index in [1.165, 1.54) is 0 Å². The van der Waals surface area contributed by atoms with E-state index < -0.39 is 165 Å². The van der Waals surface area contributed by atoms with Crippen LogP contribution in [0.2, 0.25) is 0 Å². The zero-order chi connectivity index (χ0) is 63.0. The van der Waals surface area contributed by atoms with E-state index in [0.717, 1.165) is 28.8 Å². The molecule has 4 aliphatic heterocycles. The van der Waals surface area contributed by atoms with Crippen molar-refractivity contribution in [2.24, 2.45) is 34.6 Å². The van der Waals surface area contributed by atoms with Crippen LogP contribution in [0.25, 0.3) is 0 Å². The Bertz CT molecular complexity index is 2620. The van der Waals surface area contributed by atoms with Crippen LogP contribution in [-0.2, 0) is 57.4 Å². The van der Waals surface area contributed by atoms with Gasteiger partial charge in [0.15, 0.2) is 18.9 Å². The van der Waals surface area contributed by atoms with Gasteiger partial charge in [-0.3, -0.25) is 24.4 Å². The largest absolute Gasteiger partial charge is 0.394 e. The first-order chi connectivity index (χ1) is 41.4. The lowest BCUT2D eigenvalue weighted by molar-refractivity contribution is -0.310. The average molecular weight is 1230 g/mol. The highest BCUT2D eigenvalue weighted by molar-refractivity contribution is 5.83. The maximum atomic E-state index is 13.8. The van der Waals surface area contributed by atoms with Crippen LogP contribution in [0.5, 0.6) is 0 Å². The molecule has 0 bridgehead atoms. The molecule has 1 aromatic heterocycles. The number of aliphatic hydroxyl groups is 10. The third kappa shape index (κ3) is 17.0. The number of amides is 2. The van der Waals surface area contributed by atoms with E-state index >= 15 is 0 Å². The van der Waals surface area contributed by atoms with Crippen molar-refractivity contribution in [2.75, 3.05) is 45.9 Å². The maximum Gasteiger partial charge on any atom is 0.239 e. The number of aromatic nitrogens is 1. The SMILES string of the molecule is CC(C)(C)NC(=O)[C@@H]1CN(Cc2cccnc2)CCN1C[C@@H](O)C[C@H](Cc1ccccc1)C(=O)N[C@H]1c2ccccc2C[C@H]1O.NC[C@@H]1O[C@H](O[C@H]2[C@@H](O)[C@H](O[C@@H]3[C@@H](O)[C@H](N)C[C@H](N)[C@H]3O[C@H]3O[C@H](CO)[C@@H](O)[C@H](O)[C@H]3N)O[C@@H]2CO)[C@H](N)[C@@H](O)[C@@H]1O. The van der Waals surface area contributed by atoms with E-state index in [9.17, 15) is 60.7 Å². The van der Waals surface area contributed by atoms with Crippen LogP contribution in [-0.4, -0.2) is 264 Å². The second-order valence-corrected chi connectivity index (χ2v) is 24.8. The number of ether oxygens (including phenoxy) is 6. The van der Waals surface area contributed by atoms with E-state index in [1.54, 1.807) is 6.20 Å². The highest BCUT2D eigenvalue weighted by Gasteiger charge is 2.55. The quantitative estimate of drug-likeness (QED) is 0.0501. The number of nitrogens with zero attached hydrogens (tertiary/aromatic N) is 3. The number of benzene rings is 2. The normalized spacial score (nSPS) is 37.3. The van der Waals surface area contributed by atoms with Crippen molar-refractivity contribution in [2.45, 2.75) is 199 Å². The van der Waals surface area contributed by atoms with Crippen LogP contribution in [0.1, 0.15) is 61.9 Å². The molecule has 2 amide bonds. The number of fused-ring (bicyclic) bond motifs is 1. The van der Waals surface area contributed by atoms with Crippen LogP contribution in [0.3, 0.4) is 0 Å². The number of hydrogen-bond acceptors (Lipinski definition) is 26. The molecular weight excluding hydrogens is 1140 g/mol. The molecule has 1 saturated carbocycles. The molecule has 486 valence electrons. The molecule has 22 N–H and O–H groups in total. The van der Waals surface area contributed by atoms with Gasteiger partial charge in [-0.2, -0.15) is 0 Å². The highest BCUT2D eigenvalue weighted by Crippen LogP contribution is 2.36. The first-order valence-corrected chi connectivity index (χ1v) is 29.8. The number of pyridine rings is 1. The van der Waals surface area contributed by atoms with Gasteiger partial charge >= 0.3 is 0 Å². The summed E-state index contributed by atoms with van der Waals surface area (Å²) in [5.74, 6) is -0.781. The van der Waals surface area contributed by atoms with Crippen molar-refractivity contribution in [1.29, 1.82) is 0 Å². The summed E-state index contributed by atoms with van der Waals surface area (Å²) in [6.45, 7) is 7.26. The number of carbonyl (C=O) groups excluding carboxylic acids is 2. The standard InChI is InChI=1S/C36H47N5O4.C23H45N5O14/c1-36(2,3)39-35(45)31-24-40(22-26-12-9-15-37-21-26)16-17-41(31)23-29(42)19-28(18-25-10-5-4-6-11-25)34(44)38-33-30-14-8-7-13-27(30)20-32(33)43;24-2-7-13(32)15(34)10(27)21(37-7)41-19-9(4-30)39-23(17(19)36)42-20-12(31)5(25)1-6(26)18(20)40-22-11(28)16(35)14(33)8(3-29)38-22/h4-15,21,28-29,31-33,42-43H,16-20,22-24H2,1-3H3,(H,38,44)(H,39,45);5-23,29-36H,1-4,24-28H2/t28-,29-,31-,32+,33-;5-,6+,7+,8-,9-,10-,11-,12+,13-,14-,15-,16-,17-,18-,19-,20-,21-,22-,23+/m01/s1.